The Morgan fingerprint density at radius 1 is 1.26 bits per heavy atom. The minimum Gasteiger partial charge on any atom is -0.456 e. The molecule has 0 bridgehead atoms. The lowest BCUT2D eigenvalue weighted by molar-refractivity contribution is -0.384. The zero-order valence-corrected chi connectivity index (χ0v) is 15.8. The summed E-state index contributed by atoms with van der Waals surface area (Å²) in [7, 11) is 0. The summed E-state index contributed by atoms with van der Waals surface area (Å²) in [6.45, 7) is 5.82. The van der Waals surface area contributed by atoms with Crippen LogP contribution < -0.4 is 5.32 Å². The molecule has 8 nitrogen and oxygen atoms in total. The van der Waals surface area contributed by atoms with E-state index in [9.17, 15) is 19.7 Å². The fraction of sp³-hybridized carbons (Fsp3) is 0.579. The zero-order chi connectivity index (χ0) is 19.8. The van der Waals surface area contributed by atoms with Gasteiger partial charge in [-0.1, -0.05) is 26.0 Å². The normalized spacial score (nSPS) is 19.4. The number of nitro benzene ring substituents is 1. The van der Waals surface area contributed by atoms with Gasteiger partial charge in [0.25, 0.3) is 11.6 Å². The Labute approximate surface area is 159 Å². The molecule has 27 heavy (non-hydrogen) atoms. The van der Waals surface area contributed by atoms with Crippen LogP contribution >= 0.6 is 0 Å². The number of piperidine rings is 1. The largest absolute Gasteiger partial charge is 0.456 e. The molecule has 1 aliphatic heterocycles. The summed E-state index contributed by atoms with van der Waals surface area (Å²) in [5, 5.41) is 13.9. The molecule has 0 spiro atoms. The van der Waals surface area contributed by atoms with E-state index < -0.39 is 10.9 Å². The number of ether oxygens (including phenoxy) is 1. The summed E-state index contributed by atoms with van der Waals surface area (Å²) < 4.78 is 5.08. The molecule has 1 aromatic rings. The van der Waals surface area contributed by atoms with E-state index in [0.717, 1.165) is 6.42 Å². The van der Waals surface area contributed by atoms with Gasteiger partial charge in [-0.3, -0.25) is 19.7 Å². The second-order valence-electron chi connectivity index (χ2n) is 7.21. The molecule has 0 unspecified atom stereocenters. The molecule has 1 heterocycles. The highest BCUT2D eigenvalue weighted by Crippen LogP contribution is 2.23. The fourth-order valence-electron chi connectivity index (χ4n) is 3.41. The van der Waals surface area contributed by atoms with Crippen LogP contribution in [0, 0.1) is 22.0 Å². The predicted octanol–water partition coefficient (Wildman–Crippen LogP) is 2.83. The lowest BCUT2D eigenvalue weighted by Gasteiger charge is -2.34. The van der Waals surface area contributed by atoms with Crippen LogP contribution in [-0.2, 0) is 14.3 Å². The van der Waals surface area contributed by atoms with Crippen molar-refractivity contribution in [3.05, 3.63) is 34.4 Å². The van der Waals surface area contributed by atoms with Crippen LogP contribution in [0.15, 0.2) is 24.3 Å². The number of likely N-dealkylation sites (tertiary alicyclic amines) is 1. The topological polar surface area (TPSA) is 102 Å². The van der Waals surface area contributed by atoms with E-state index in [1.807, 2.05) is 0 Å². The van der Waals surface area contributed by atoms with E-state index in [1.54, 1.807) is 23.1 Å². The number of benzene rings is 1. The smallest absolute Gasteiger partial charge is 0.306 e. The van der Waals surface area contributed by atoms with Crippen LogP contribution in [0.25, 0.3) is 0 Å². The molecule has 2 atom stereocenters. The Morgan fingerprint density at radius 3 is 2.59 bits per heavy atom. The van der Waals surface area contributed by atoms with Gasteiger partial charge in [0.1, 0.15) is 5.69 Å². The van der Waals surface area contributed by atoms with Crippen molar-refractivity contribution in [2.24, 2.45) is 11.8 Å². The zero-order valence-electron chi connectivity index (χ0n) is 15.8. The van der Waals surface area contributed by atoms with Gasteiger partial charge in [-0.25, -0.2) is 0 Å². The number of para-hydroxylation sites is 2. The third kappa shape index (κ3) is 6.54. The molecule has 2 rings (SSSR count). The third-order valence-corrected chi connectivity index (χ3v) is 4.55. The fourth-order valence-corrected chi connectivity index (χ4v) is 3.41. The monoisotopic (exact) mass is 377 g/mol. The van der Waals surface area contributed by atoms with Crippen molar-refractivity contribution in [3.8, 4) is 0 Å². The summed E-state index contributed by atoms with van der Waals surface area (Å²) in [6, 6.07) is 6.35. The standard InChI is InChI=1S/C19H27N3O5/c1-14-10-15(2)12-21(11-14)18(23)13-27-19(24)8-5-9-20-16-6-3-4-7-17(16)22(25)26/h3-4,6-7,14-15,20H,5,8-13H2,1-2H3/t14-,15-/m0/s1. The van der Waals surface area contributed by atoms with Crippen LogP contribution in [0.5, 0.6) is 0 Å². The van der Waals surface area contributed by atoms with Gasteiger partial charge in [-0.2, -0.15) is 0 Å². The number of nitrogens with zero attached hydrogens (tertiary/aromatic N) is 2. The van der Waals surface area contributed by atoms with Gasteiger partial charge in [0.2, 0.25) is 0 Å². The van der Waals surface area contributed by atoms with Gasteiger partial charge in [0, 0.05) is 32.1 Å². The van der Waals surface area contributed by atoms with Gasteiger partial charge in [-0.05, 0) is 30.7 Å². The third-order valence-electron chi connectivity index (χ3n) is 4.55. The molecule has 1 fully saturated rings. The number of esters is 1. The molecular weight excluding hydrogens is 350 g/mol. The Bertz CT molecular complexity index is 669. The van der Waals surface area contributed by atoms with Crippen molar-refractivity contribution in [1.29, 1.82) is 0 Å². The van der Waals surface area contributed by atoms with Crippen LogP contribution in [0.3, 0.4) is 0 Å². The van der Waals surface area contributed by atoms with Gasteiger partial charge in [0.05, 0.1) is 4.92 Å². The molecule has 0 aromatic heterocycles. The molecule has 8 heteroatoms. The Hall–Kier alpha value is -2.64. The number of rotatable bonds is 8. The predicted molar refractivity (Wildman–Crippen MR) is 101 cm³/mol. The first-order valence-electron chi connectivity index (χ1n) is 9.27. The first-order valence-corrected chi connectivity index (χ1v) is 9.27. The molecule has 0 saturated carbocycles. The van der Waals surface area contributed by atoms with E-state index in [1.165, 1.54) is 6.07 Å². The first kappa shape index (κ1) is 20.7. The number of carbonyl (C=O) groups excluding carboxylic acids is 2. The van der Waals surface area contributed by atoms with Gasteiger partial charge in [-0.15, -0.1) is 0 Å². The maximum atomic E-state index is 12.2. The summed E-state index contributed by atoms with van der Waals surface area (Å²) >= 11 is 0. The Morgan fingerprint density at radius 2 is 1.93 bits per heavy atom. The molecule has 1 N–H and O–H groups in total. The first-order chi connectivity index (χ1) is 12.9. The Balaban J connectivity index is 1.67. The molecule has 1 amide bonds. The molecule has 148 valence electrons. The molecule has 0 radical (unpaired) electrons. The lowest BCUT2D eigenvalue weighted by atomic mass is 9.92. The quantitative estimate of drug-likeness (QED) is 0.323. The second kappa shape index (κ2) is 9.89. The minimum absolute atomic E-state index is 0.00402. The van der Waals surface area contributed by atoms with Crippen molar-refractivity contribution in [3.63, 3.8) is 0 Å². The summed E-state index contributed by atoms with van der Waals surface area (Å²) in [5.74, 6) is 0.327. The van der Waals surface area contributed by atoms with Crippen LogP contribution in [0.1, 0.15) is 33.1 Å². The number of nitro groups is 1. The maximum Gasteiger partial charge on any atom is 0.306 e. The van der Waals surface area contributed by atoms with Crippen LogP contribution in [0.4, 0.5) is 11.4 Å². The summed E-state index contributed by atoms with van der Waals surface area (Å²) in [4.78, 5) is 36.2. The lowest BCUT2D eigenvalue weighted by Crippen LogP contribution is -2.44. The van der Waals surface area contributed by atoms with Gasteiger partial charge >= 0.3 is 5.97 Å². The summed E-state index contributed by atoms with van der Waals surface area (Å²) in [6.07, 6.45) is 1.71. The SMILES string of the molecule is C[C@H]1C[C@H](C)CN(C(=O)COC(=O)CCCNc2ccccc2[N+](=O)[O-])C1. The highest BCUT2D eigenvalue weighted by atomic mass is 16.6. The highest BCUT2D eigenvalue weighted by Gasteiger charge is 2.25. The maximum absolute atomic E-state index is 12.2. The van der Waals surface area contributed by atoms with E-state index in [-0.39, 0.29) is 24.6 Å². The van der Waals surface area contributed by atoms with E-state index >= 15 is 0 Å². The highest BCUT2D eigenvalue weighted by molar-refractivity contribution is 5.80. The molecule has 1 aromatic carbocycles. The number of amides is 1. The van der Waals surface area contributed by atoms with Crippen molar-refractivity contribution in [2.45, 2.75) is 33.1 Å². The number of hydrogen-bond donors (Lipinski definition) is 1. The van der Waals surface area contributed by atoms with E-state index in [4.69, 9.17) is 4.74 Å². The summed E-state index contributed by atoms with van der Waals surface area (Å²) in [5.41, 5.74) is 0.412. The number of hydrogen-bond acceptors (Lipinski definition) is 6. The van der Waals surface area contributed by atoms with E-state index in [2.05, 4.69) is 19.2 Å². The average Bonchev–Trinajstić information content (AvgIpc) is 2.62. The van der Waals surface area contributed by atoms with Crippen molar-refractivity contribution < 1.29 is 19.2 Å². The Kier molecular flexibility index (Phi) is 7.57. The van der Waals surface area contributed by atoms with Crippen molar-refractivity contribution >= 4 is 23.3 Å². The molecule has 1 saturated heterocycles. The number of nitrogens with one attached hydrogen (secondary N) is 1. The second-order valence-corrected chi connectivity index (χ2v) is 7.21. The molecule has 1 aliphatic rings. The number of carbonyl (C=O) groups is 2. The van der Waals surface area contributed by atoms with Gasteiger partial charge < -0.3 is 15.0 Å². The van der Waals surface area contributed by atoms with Gasteiger partial charge in [0.15, 0.2) is 6.61 Å². The minimum atomic E-state index is -0.454. The van der Waals surface area contributed by atoms with Crippen molar-refractivity contribution in [2.75, 3.05) is 31.6 Å². The van der Waals surface area contributed by atoms with E-state index in [0.29, 0.717) is 43.6 Å². The molecule has 0 aliphatic carbocycles. The van der Waals surface area contributed by atoms with Crippen LogP contribution in [-0.4, -0.2) is 47.9 Å². The average molecular weight is 377 g/mol. The van der Waals surface area contributed by atoms with Crippen LogP contribution in [0.2, 0.25) is 0 Å². The van der Waals surface area contributed by atoms with Crippen molar-refractivity contribution in [1.82, 2.24) is 4.90 Å². The molecular formula is C19H27N3O5. The number of anilines is 1.